The van der Waals surface area contributed by atoms with E-state index in [1.54, 1.807) is 0 Å². The van der Waals surface area contributed by atoms with Gasteiger partial charge in [0, 0.05) is 30.8 Å². The molecule has 1 heterocycles. The predicted octanol–water partition coefficient (Wildman–Crippen LogP) is 7.89. The van der Waals surface area contributed by atoms with Gasteiger partial charge in [-0.2, -0.15) is 0 Å². The normalized spacial score (nSPS) is 14.7. The van der Waals surface area contributed by atoms with Crippen molar-refractivity contribution in [1.82, 2.24) is 9.32 Å². The minimum atomic E-state index is -6.00. The lowest BCUT2D eigenvalue weighted by atomic mass is 10.2. The molecule has 0 spiro atoms. The molecule has 0 N–H and O–H groups in total. The first-order chi connectivity index (χ1) is 12.3. The number of hydrogen-bond donors (Lipinski definition) is 0. The second-order valence-corrected chi connectivity index (χ2v) is 20.4. The van der Waals surface area contributed by atoms with E-state index in [2.05, 4.69) is 100 Å². The van der Waals surface area contributed by atoms with Crippen molar-refractivity contribution >= 4 is 28.2 Å². The lowest BCUT2D eigenvalue weighted by Crippen LogP contribution is -2.44. The maximum atomic E-state index is 9.75. The lowest BCUT2D eigenvalue weighted by molar-refractivity contribution is 0.368. The first kappa shape index (κ1) is 28.9. The highest BCUT2D eigenvalue weighted by Gasteiger charge is 2.59. The molecule has 0 atom stereocenters. The van der Waals surface area contributed by atoms with Crippen molar-refractivity contribution in [1.29, 1.82) is 0 Å². The maximum absolute atomic E-state index is 9.75. The summed E-state index contributed by atoms with van der Waals surface area (Å²) in [4.78, 5) is 5.00. The quantitative estimate of drug-likeness (QED) is 0.250. The minimum Gasteiger partial charge on any atom is -0.418 e. The van der Waals surface area contributed by atoms with Crippen LogP contribution in [-0.4, -0.2) is 43.9 Å². The summed E-state index contributed by atoms with van der Waals surface area (Å²) in [6, 6.07) is 0. The van der Waals surface area contributed by atoms with Gasteiger partial charge in [-0.3, -0.25) is 4.34 Å². The second-order valence-electron chi connectivity index (χ2n) is 11.6. The standard InChI is InChI=1S/C20H41N2P2.BF4/c1-17(2,3)23(18(4,5)6)22-15-14-21-16(22)24(13,19(7,8)9)20(10,11)12;2-1(3,4)5/h14-15H,1-13H3;/q+1;-1. The third-order valence-electron chi connectivity index (χ3n) is 5.17. The molecule has 0 saturated heterocycles. The van der Waals surface area contributed by atoms with Gasteiger partial charge in [0.05, 0.1) is 24.2 Å². The zero-order valence-corrected chi connectivity index (χ0v) is 22.3. The first-order valence-corrected chi connectivity index (χ1v) is 13.5. The molecule has 0 aliphatic rings. The summed E-state index contributed by atoms with van der Waals surface area (Å²) in [6.45, 7) is 31.3. The van der Waals surface area contributed by atoms with Crippen molar-refractivity contribution in [2.24, 2.45) is 0 Å². The van der Waals surface area contributed by atoms with E-state index in [-0.39, 0.29) is 20.6 Å². The van der Waals surface area contributed by atoms with Gasteiger partial charge in [-0.15, -0.1) is 0 Å². The summed E-state index contributed by atoms with van der Waals surface area (Å²) in [6.07, 6.45) is 4.30. The van der Waals surface area contributed by atoms with Crippen molar-refractivity contribution in [3.8, 4) is 0 Å². The van der Waals surface area contributed by atoms with Crippen molar-refractivity contribution in [3.63, 3.8) is 0 Å². The largest absolute Gasteiger partial charge is 0.673 e. The third kappa shape index (κ3) is 7.49. The Morgan fingerprint density at radius 3 is 1.34 bits per heavy atom. The van der Waals surface area contributed by atoms with Crippen molar-refractivity contribution in [3.05, 3.63) is 12.4 Å². The van der Waals surface area contributed by atoms with Gasteiger partial charge in [0.2, 0.25) is 0 Å². The van der Waals surface area contributed by atoms with Crippen LogP contribution in [0.3, 0.4) is 0 Å². The Morgan fingerprint density at radius 1 is 0.793 bits per heavy atom. The Kier molecular flexibility index (Phi) is 8.73. The molecule has 9 heteroatoms. The molecule has 2 nitrogen and oxygen atoms in total. The van der Waals surface area contributed by atoms with Crippen LogP contribution in [0, 0.1) is 0 Å². The molecule has 0 amide bonds. The van der Waals surface area contributed by atoms with Gasteiger partial charge in [-0.25, -0.2) is 4.98 Å². The summed E-state index contributed by atoms with van der Waals surface area (Å²) in [7, 11) is -7.90. The molecule has 1 rings (SSSR count). The minimum absolute atomic E-state index is 0.227. The van der Waals surface area contributed by atoms with Crippen LogP contribution >= 0.6 is 15.3 Å². The summed E-state index contributed by atoms with van der Waals surface area (Å²) >= 11 is 0. The van der Waals surface area contributed by atoms with E-state index in [1.165, 1.54) is 5.57 Å². The van der Waals surface area contributed by atoms with Crippen LogP contribution in [-0.2, 0) is 0 Å². The average Bonchev–Trinajstić information content (AvgIpc) is 2.77. The van der Waals surface area contributed by atoms with Crippen LogP contribution in [0.2, 0.25) is 0 Å². The van der Waals surface area contributed by atoms with E-state index < -0.39 is 22.6 Å². The number of imidazole rings is 1. The van der Waals surface area contributed by atoms with E-state index in [9.17, 15) is 17.3 Å². The summed E-state index contributed by atoms with van der Waals surface area (Å²) in [5, 5.41) is 0.934. The van der Waals surface area contributed by atoms with Gasteiger partial charge in [-0.1, -0.05) is 41.5 Å². The molecule has 0 aliphatic heterocycles. The number of nitrogens with zero attached hydrogens (tertiary/aromatic N) is 2. The summed E-state index contributed by atoms with van der Waals surface area (Å²) in [5.41, 5.74) is 1.36. The van der Waals surface area contributed by atoms with Crippen molar-refractivity contribution in [2.75, 3.05) is 6.66 Å². The molecule has 172 valence electrons. The fraction of sp³-hybridized carbons (Fsp3) is 0.850. The smallest absolute Gasteiger partial charge is 0.418 e. The van der Waals surface area contributed by atoms with E-state index in [0.717, 1.165) is 0 Å². The van der Waals surface area contributed by atoms with E-state index in [1.807, 2.05) is 6.20 Å². The highest BCUT2D eigenvalue weighted by atomic mass is 31.2. The van der Waals surface area contributed by atoms with Crippen LogP contribution in [0.15, 0.2) is 12.4 Å². The number of hydrogen-bond acceptors (Lipinski definition) is 1. The Labute approximate surface area is 177 Å². The number of rotatable bonds is 2. The molecule has 0 saturated carbocycles. The lowest BCUT2D eigenvalue weighted by Gasteiger charge is -2.47. The highest BCUT2D eigenvalue weighted by Crippen LogP contribution is 2.74. The Balaban J connectivity index is 0.00000139. The van der Waals surface area contributed by atoms with Gasteiger partial charge >= 0.3 is 7.25 Å². The van der Waals surface area contributed by atoms with Crippen molar-refractivity contribution in [2.45, 2.75) is 104 Å². The van der Waals surface area contributed by atoms with E-state index in [4.69, 9.17) is 4.98 Å². The molecular weight excluding hydrogens is 417 g/mol. The van der Waals surface area contributed by atoms with E-state index in [0.29, 0.717) is 0 Å². The summed E-state index contributed by atoms with van der Waals surface area (Å²) < 4.78 is 41.6. The average molecular weight is 458 g/mol. The first-order valence-electron chi connectivity index (χ1n) is 9.94. The maximum Gasteiger partial charge on any atom is 0.673 e. The van der Waals surface area contributed by atoms with Gasteiger partial charge in [0.25, 0.3) is 5.57 Å². The van der Waals surface area contributed by atoms with Gasteiger partial charge in [0.1, 0.15) is 0 Å². The molecule has 1 aromatic rings. The fourth-order valence-electron chi connectivity index (χ4n) is 4.02. The highest BCUT2D eigenvalue weighted by molar-refractivity contribution is 7.85. The van der Waals surface area contributed by atoms with Gasteiger partial charge < -0.3 is 17.3 Å². The zero-order valence-electron chi connectivity index (χ0n) is 20.5. The summed E-state index contributed by atoms with van der Waals surface area (Å²) in [5.74, 6) is 0. The zero-order chi connectivity index (χ0) is 23.9. The van der Waals surface area contributed by atoms with Crippen LogP contribution in [0.5, 0.6) is 0 Å². The van der Waals surface area contributed by atoms with E-state index >= 15 is 0 Å². The molecule has 0 aliphatic carbocycles. The monoisotopic (exact) mass is 458 g/mol. The van der Waals surface area contributed by atoms with Gasteiger partial charge in [0.15, 0.2) is 0 Å². The molecule has 0 bridgehead atoms. The molecule has 0 aromatic carbocycles. The molecule has 0 unspecified atom stereocenters. The van der Waals surface area contributed by atoms with Crippen LogP contribution < -0.4 is 5.57 Å². The molecule has 0 radical (unpaired) electrons. The van der Waals surface area contributed by atoms with Gasteiger partial charge in [-0.05, 0) is 41.5 Å². The molecule has 29 heavy (non-hydrogen) atoms. The van der Waals surface area contributed by atoms with Crippen LogP contribution in [0.4, 0.5) is 17.3 Å². The second kappa shape index (κ2) is 8.77. The van der Waals surface area contributed by atoms with Crippen molar-refractivity contribution < 1.29 is 17.3 Å². The predicted molar refractivity (Wildman–Crippen MR) is 126 cm³/mol. The SMILES string of the molecule is CC(C)(C)P(n1ccnc1[P+](C)(C(C)(C)C)C(C)(C)C)C(C)(C)C.F[B-](F)(F)F. The molecular formula is C20H41BF4N2P2. The van der Waals surface area contributed by atoms with Crippen LogP contribution in [0.1, 0.15) is 83.1 Å². The van der Waals surface area contributed by atoms with Crippen LogP contribution in [0.25, 0.3) is 0 Å². The Morgan fingerprint density at radius 2 is 1.10 bits per heavy atom. The fourth-order valence-corrected chi connectivity index (χ4v) is 12.5. The Hall–Kier alpha value is -0.145. The topological polar surface area (TPSA) is 17.8 Å². The molecule has 1 aromatic heterocycles. The number of aromatic nitrogens is 2. The number of halogens is 4. The molecule has 0 fully saturated rings. The third-order valence-corrected chi connectivity index (χ3v) is 15.1. The Bertz CT molecular complexity index is 626.